The van der Waals surface area contributed by atoms with Crippen LogP contribution in [0.15, 0.2) is 42.5 Å². The lowest BCUT2D eigenvalue weighted by atomic mass is 9.91. The van der Waals surface area contributed by atoms with Gasteiger partial charge in [0.15, 0.2) is 0 Å². The lowest BCUT2D eigenvalue weighted by molar-refractivity contribution is -0.146. The summed E-state index contributed by atoms with van der Waals surface area (Å²) in [6, 6.07) is 13.7. The SMILES string of the molecule is O=C(Cc1cccc2ccccc12)N1CCC(O)(C(F)F)CC1. The quantitative estimate of drug-likeness (QED) is 0.945. The molecule has 0 aromatic heterocycles. The molecule has 122 valence electrons. The van der Waals surface area contributed by atoms with E-state index in [4.69, 9.17) is 0 Å². The molecule has 23 heavy (non-hydrogen) atoms. The largest absolute Gasteiger partial charge is 0.384 e. The van der Waals surface area contributed by atoms with Crippen molar-refractivity contribution >= 4 is 16.7 Å². The molecule has 5 heteroatoms. The molecule has 1 saturated heterocycles. The summed E-state index contributed by atoms with van der Waals surface area (Å²) in [5.41, 5.74) is -1.02. The number of hydrogen-bond acceptors (Lipinski definition) is 2. The summed E-state index contributed by atoms with van der Waals surface area (Å²) in [4.78, 5) is 14.0. The number of fused-ring (bicyclic) bond motifs is 1. The van der Waals surface area contributed by atoms with Crippen molar-refractivity contribution in [3.63, 3.8) is 0 Å². The average Bonchev–Trinajstić information content (AvgIpc) is 2.55. The van der Waals surface area contributed by atoms with E-state index in [0.29, 0.717) is 0 Å². The van der Waals surface area contributed by atoms with Gasteiger partial charge in [0.25, 0.3) is 6.43 Å². The fourth-order valence-corrected chi connectivity index (χ4v) is 3.08. The van der Waals surface area contributed by atoms with Crippen molar-refractivity contribution in [1.29, 1.82) is 0 Å². The molecule has 0 spiro atoms. The number of amides is 1. The zero-order valence-electron chi connectivity index (χ0n) is 12.7. The maximum absolute atomic E-state index is 12.8. The Kier molecular flexibility index (Phi) is 4.31. The van der Waals surface area contributed by atoms with Crippen LogP contribution in [0.2, 0.25) is 0 Å². The fourth-order valence-electron chi connectivity index (χ4n) is 3.08. The van der Waals surface area contributed by atoms with E-state index in [1.165, 1.54) is 0 Å². The summed E-state index contributed by atoms with van der Waals surface area (Å²) in [6.45, 7) is 0.342. The van der Waals surface area contributed by atoms with Gasteiger partial charge in [0.1, 0.15) is 5.60 Å². The van der Waals surface area contributed by atoms with Gasteiger partial charge in [-0.15, -0.1) is 0 Å². The molecule has 1 aliphatic heterocycles. The topological polar surface area (TPSA) is 40.5 Å². The van der Waals surface area contributed by atoms with Crippen molar-refractivity contribution in [2.45, 2.75) is 31.3 Å². The summed E-state index contributed by atoms with van der Waals surface area (Å²) in [5, 5.41) is 11.9. The first-order valence-electron chi connectivity index (χ1n) is 7.74. The van der Waals surface area contributed by atoms with E-state index in [9.17, 15) is 18.7 Å². The van der Waals surface area contributed by atoms with Gasteiger partial charge in [0.05, 0.1) is 6.42 Å². The van der Waals surface area contributed by atoms with Crippen molar-refractivity contribution in [2.24, 2.45) is 0 Å². The minimum Gasteiger partial charge on any atom is -0.384 e. The van der Waals surface area contributed by atoms with Gasteiger partial charge in [-0.1, -0.05) is 42.5 Å². The van der Waals surface area contributed by atoms with Gasteiger partial charge < -0.3 is 10.0 Å². The Balaban J connectivity index is 1.70. The summed E-state index contributed by atoms with van der Waals surface area (Å²) in [7, 11) is 0. The molecule has 1 heterocycles. The molecule has 3 nitrogen and oxygen atoms in total. The first kappa shape index (κ1) is 15.9. The van der Waals surface area contributed by atoms with Crippen LogP contribution in [0.3, 0.4) is 0 Å². The normalized spacial score (nSPS) is 17.7. The van der Waals surface area contributed by atoms with Crippen molar-refractivity contribution in [3.8, 4) is 0 Å². The lowest BCUT2D eigenvalue weighted by Crippen LogP contribution is -2.50. The Labute approximate surface area is 133 Å². The minimum absolute atomic E-state index is 0.0774. The third kappa shape index (κ3) is 3.20. The predicted molar refractivity (Wildman–Crippen MR) is 84.4 cm³/mol. The summed E-state index contributed by atoms with van der Waals surface area (Å²) in [6.07, 6.45) is -2.68. The van der Waals surface area contributed by atoms with Gasteiger partial charge in [0, 0.05) is 13.1 Å². The first-order valence-corrected chi connectivity index (χ1v) is 7.74. The molecule has 1 fully saturated rings. The van der Waals surface area contributed by atoms with Crippen molar-refractivity contribution in [1.82, 2.24) is 4.90 Å². The van der Waals surface area contributed by atoms with E-state index in [1.807, 2.05) is 42.5 Å². The zero-order chi connectivity index (χ0) is 16.4. The van der Waals surface area contributed by atoms with Crippen LogP contribution >= 0.6 is 0 Å². The van der Waals surface area contributed by atoms with Crippen LogP contribution in [0, 0.1) is 0 Å². The number of nitrogens with zero attached hydrogens (tertiary/aromatic N) is 1. The Bertz CT molecular complexity index is 704. The molecule has 1 aliphatic rings. The number of aliphatic hydroxyl groups is 1. The van der Waals surface area contributed by atoms with E-state index in [1.54, 1.807) is 4.90 Å². The summed E-state index contributed by atoms with van der Waals surface area (Å²) >= 11 is 0. The van der Waals surface area contributed by atoms with Crippen LogP contribution in [0.5, 0.6) is 0 Å². The van der Waals surface area contributed by atoms with E-state index >= 15 is 0 Å². The van der Waals surface area contributed by atoms with Crippen LogP contribution in [0.1, 0.15) is 18.4 Å². The number of rotatable bonds is 3. The van der Waals surface area contributed by atoms with E-state index < -0.39 is 12.0 Å². The van der Waals surface area contributed by atoms with Crippen LogP contribution in [-0.4, -0.2) is 41.0 Å². The summed E-state index contributed by atoms with van der Waals surface area (Å²) in [5.74, 6) is -0.0855. The second-order valence-corrected chi connectivity index (χ2v) is 6.10. The maximum atomic E-state index is 12.8. The number of halogens is 2. The predicted octanol–water partition coefficient (Wildman–Crippen LogP) is 3.00. The van der Waals surface area contributed by atoms with Gasteiger partial charge in [-0.2, -0.15) is 0 Å². The highest BCUT2D eigenvalue weighted by Crippen LogP contribution is 2.29. The fraction of sp³-hybridized carbons (Fsp3) is 0.389. The van der Waals surface area contributed by atoms with Crippen LogP contribution in [0.4, 0.5) is 8.78 Å². The molecule has 2 aromatic rings. The number of piperidine rings is 1. The minimum atomic E-state index is -2.77. The molecule has 2 aromatic carbocycles. The third-order valence-electron chi connectivity index (χ3n) is 4.61. The highest BCUT2D eigenvalue weighted by atomic mass is 19.3. The molecular weight excluding hydrogens is 300 g/mol. The number of hydrogen-bond donors (Lipinski definition) is 1. The van der Waals surface area contributed by atoms with Crippen molar-refractivity contribution in [2.75, 3.05) is 13.1 Å². The molecule has 0 unspecified atom stereocenters. The molecule has 0 aliphatic carbocycles. The lowest BCUT2D eigenvalue weighted by Gasteiger charge is -2.37. The molecule has 0 saturated carbocycles. The number of carbonyl (C=O) groups excluding carboxylic acids is 1. The molecule has 1 amide bonds. The first-order chi connectivity index (χ1) is 11.0. The van der Waals surface area contributed by atoms with Crippen molar-refractivity contribution < 1.29 is 18.7 Å². The number of carbonyl (C=O) groups is 1. The maximum Gasteiger partial charge on any atom is 0.266 e. The Hall–Kier alpha value is -2.01. The Morgan fingerprint density at radius 1 is 1.13 bits per heavy atom. The number of benzene rings is 2. The third-order valence-corrected chi connectivity index (χ3v) is 4.61. The van der Waals surface area contributed by atoms with Crippen LogP contribution < -0.4 is 0 Å². The molecule has 1 N–H and O–H groups in total. The van der Waals surface area contributed by atoms with Gasteiger partial charge >= 0.3 is 0 Å². The van der Waals surface area contributed by atoms with Crippen LogP contribution in [0.25, 0.3) is 10.8 Å². The van der Waals surface area contributed by atoms with Crippen LogP contribution in [-0.2, 0) is 11.2 Å². The molecule has 0 bridgehead atoms. The Morgan fingerprint density at radius 3 is 2.48 bits per heavy atom. The van der Waals surface area contributed by atoms with E-state index in [2.05, 4.69) is 0 Å². The van der Waals surface area contributed by atoms with Gasteiger partial charge in [-0.25, -0.2) is 8.78 Å². The highest BCUT2D eigenvalue weighted by molar-refractivity contribution is 5.90. The molecule has 0 atom stereocenters. The monoisotopic (exact) mass is 319 g/mol. The van der Waals surface area contributed by atoms with Gasteiger partial charge in [0.2, 0.25) is 5.91 Å². The van der Waals surface area contributed by atoms with Gasteiger partial charge in [-0.05, 0) is 29.2 Å². The molecule has 3 rings (SSSR count). The Morgan fingerprint density at radius 2 is 1.78 bits per heavy atom. The standard InChI is InChI=1S/C18H19F2NO2/c19-17(20)18(23)8-10-21(11-9-18)16(22)12-14-6-3-5-13-4-1-2-7-15(13)14/h1-7,17,23H,8-12H2. The number of alkyl halides is 2. The second-order valence-electron chi connectivity index (χ2n) is 6.10. The zero-order valence-corrected chi connectivity index (χ0v) is 12.7. The summed E-state index contributed by atoms with van der Waals surface area (Å²) < 4.78 is 25.6. The highest BCUT2D eigenvalue weighted by Gasteiger charge is 2.41. The van der Waals surface area contributed by atoms with E-state index in [0.717, 1.165) is 16.3 Å². The van der Waals surface area contributed by atoms with Crippen molar-refractivity contribution in [3.05, 3.63) is 48.0 Å². The second kappa shape index (κ2) is 6.24. The average molecular weight is 319 g/mol. The smallest absolute Gasteiger partial charge is 0.266 e. The number of likely N-dealkylation sites (tertiary alicyclic amines) is 1. The van der Waals surface area contributed by atoms with E-state index in [-0.39, 0.29) is 38.3 Å². The molecule has 0 radical (unpaired) electrons. The van der Waals surface area contributed by atoms with Gasteiger partial charge in [-0.3, -0.25) is 4.79 Å². The molecular formula is C18H19F2NO2.